The molecule has 0 unspecified atom stereocenters. The molecule has 6 atom stereocenters. The molecule has 0 aromatic carbocycles. The van der Waals surface area contributed by atoms with E-state index in [2.05, 4.69) is 0 Å². The Morgan fingerprint density at radius 1 is 1.19 bits per heavy atom. The largest absolute Gasteiger partial charge is 0.459 e. The first-order valence-electron chi connectivity index (χ1n) is 7.49. The summed E-state index contributed by atoms with van der Waals surface area (Å²) in [6, 6.07) is 0. The summed E-state index contributed by atoms with van der Waals surface area (Å²) in [5, 5.41) is 22.0. The predicted molar refractivity (Wildman–Crippen MR) is 71.1 cm³/mol. The van der Waals surface area contributed by atoms with Crippen molar-refractivity contribution in [1.82, 2.24) is 0 Å². The van der Waals surface area contributed by atoms with Crippen molar-refractivity contribution in [3.05, 3.63) is 0 Å². The fourth-order valence-electron chi connectivity index (χ4n) is 4.42. The van der Waals surface area contributed by atoms with Gasteiger partial charge in [-0.15, -0.1) is 0 Å². The number of ether oxygens (including phenoxy) is 2. The smallest absolute Gasteiger partial charge is 0.309 e. The van der Waals surface area contributed by atoms with Crippen LogP contribution in [-0.4, -0.2) is 45.1 Å². The van der Waals surface area contributed by atoms with Gasteiger partial charge in [0.2, 0.25) is 0 Å². The number of hydrogen-bond acceptors (Lipinski definition) is 6. The van der Waals surface area contributed by atoms with Gasteiger partial charge in [-0.2, -0.15) is 0 Å². The van der Waals surface area contributed by atoms with Crippen LogP contribution in [0.3, 0.4) is 0 Å². The standard InChI is InChI=1S/C15H22O6/c1-8-9-4-6-13(2,18)15(7-5-10(16)21-15)14(3,19)11(9)20-12(8)17/h8-9,11,18-19H,4-7H2,1-3H3/t8-,9-,11+,13+,14+,15-/m0/s1. The normalized spacial score (nSPS) is 53.3. The highest BCUT2D eigenvalue weighted by molar-refractivity contribution is 5.76. The highest BCUT2D eigenvalue weighted by Gasteiger charge is 2.71. The molecule has 6 heteroatoms. The lowest BCUT2D eigenvalue weighted by Crippen LogP contribution is -2.68. The Morgan fingerprint density at radius 3 is 2.43 bits per heavy atom. The van der Waals surface area contributed by atoms with Crippen molar-refractivity contribution in [3.8, 4) is 0 Å². The van der Waals surface area contributed by atoms with E-state index in [1.807, 2.05) is 0 Å². The van der Waals surface area contributed by atoms with Crippen molar-refractivity contribution >= 4 is 11.9 Å². The van der Waals surface area contributed by atoms with E-state index >= 15 is 0 Å². The van der Waals surface area contributed by atoms with Crippen LogP contribution in [0.15, 0.2) is 0 Å². The van der Waals surface area contributed by atoms with Crippen molar-refractivity contribution in [1.29, 1.82) is 0 Å². The second-order valence-corrected chi connectivity index (χ2v) is 7.07. The van der Waals surface area contributed by atoms with Crippen molar-refractivity contribution in [3.63, 3.8) is 0 Å². The molecule has 0 aromatic heterocycles. The number of carbonyl (C=O) groups excluding carboxylic acids is 2. The predicted octanol–water partition coefficient (Wildman–Crippen LogP) is 0.536. The van der Waals surface area contributed by atoms with Gasteiger partial charge >= 0.3 is 11.9 Å². The summed E-state index contributed by atoms with van der Waals surface area (Å²) in [4.78, 5) is 23.5. The van der Waals surface area contributed by atoms with Crippen LogP contribution in [0.1, 0.15) is 46.5 Å². The number of hydrogen-bond donors (Lipinski definition) is 2. The molecular formula is C15H22O6. The number of fused-ring (bicyclic) bond motifs is 1. The van der Waals surface area contributed by atoms with E-state index in [1.165, 1.54) is 6.92 Å². The van der Waals surface area contributed by atoms with Crippen LogP contribution in [0.5, 0.6) is 0 Å². The molecule has 21 heavy (non-hydrogen) atoms. The van der Waals surface area contributed by atoms with E-state index in [0.29, 0.717) is 12.8 Å². The Hall–Kier alpha value is -1.14. The zero-order valence-electron chi connectivity index (χ0n) is 12.6. The highest BCUT2D eigenvalue weighted by atomic mass is 16.6. The van der Waals surface area contributed by atoms with Crippen LogP contribution in [0.25, 0.3) is 0 Å². The molecule has 2 aliphatic heterocycles. The fraction of sp³-hybridized carbons (Fsp3) is 0.867. The fourth-order valence-corrected chi connectivity index (χ4v) is 4.42. The quantitative estimate of drug-likeness (QED) is 0.634. The average Bonchev–Trinajstić information content (AvgIpc) is 2.90. The number of esters is 2. The second-order valence-electron chi connectivity index (χ2n) is 7.07. The maximum absolute atomic E-state index is 11.9. The maximum atomic E-state index is 11.9. The third kappa shape index (κ3) is 1.72. The molecule has 2 N–H and O–H groups in total. The lowest BCUT2D eigenvalue weighted by molar-refractivity contribution is -0.256. The lowest BCUT2D eigenvalue weighted by atomic mass is 9.68. The Kier molecular flexibility index (Phi) is 2.95. The summed E-state index contributed by atoms with van der Waals surface area (Å²) in [5.74, 6) is -1.29. The minimum atomic E-state index is -1.62. The molecule has 6 nitrogen and oxygen atoms in total. The van der Waals surface area contributed by atoms with Crippen molar-refractivity contribution < 1.29 is 29.3 Å². The first-order valence-corrected chi connectivity index (χ1v) is 7.49. The van der Waals surface area contributed by atoms with Crippen LogP contribution < -0.4 is 0 Å². The van der Waals surface area contributed by atoms with Gasteiger partial charge in [0, 0.05) is 18.8 Å². The Morgan fingerprint density at radius 2 is 1.86 bits per heavy atom. The van der Waals surface area contributed by atoms with Crippen LogP contribution in [0.2, 0.25) is 0 Å². The van der Waals surface area contributed by atoms with Gasteiger partial charge in [0.15, 0.2) is 5.60 Å². The van der Waals surface area contributed by atoms with Crippen LogP contribution in [-0.2, 0) is 19.1 Å². The monoisotopic (exact) mass is 298 g/mol. The van der Waals surface area contributed by atoms with Crippen LogP contribution in [0, 0.1) is 11.8 Å². The van der Waals surface area contributed by atoms with E-state index in [9.17, 15) is 19.8 Å². The molecule has 2 saturated heterocycles. The molecule has 3 rings (SSSR count). The van der Waals surface area contributed by atoms with E-state index in [-0.39, 0.29) is 30.6 Å². The summed E-state index contributed by atoms with van der Waals surface area (Å²) in [6.07, 6.45) is 0.493. The SMILES string of the molecule is C[C@@H]1C(=O)O[C@@H]2[C@H]1CC[C@@](C)(O)[C@@]1(CCC(=O)O1)[C@]2(C)O. The van der Waals surface area contributed by atoms with E-state index in [0.717, 1.165) is 0 Å². The Bertz CT molecular complexity index is 496. The summed E-state index contributed by atoms with van der Waals surface area (Å²) in [7, 11) is 0. The van der Waals surface area contributed by atoms with Crippen LogP contribution in [0.4, 0.5) is 0 Å². The summed E-state index contributed by atoms with van der Waals surface area (Å²) < 4.78 is 10.8. The lowest BCUT2D eigenvalue weighted by Gasteiger charge is -2.49. The highest BCUT2D eigenvalue weighted by Crippen LogP contribution is 2.55. The minimum Gasteiger partial charge on any atom is -0.459 e. The second kappa shape index (κ2) is 4.20. The molecular weight excluding hydrogens is 276 g/mol. The van der Waals surface area contributed by atoms with Gasteiger partial charge in [0.25, 0.3) is 0 Å². The molecule has 1 saturated carbocycles. The van der Waals surface area contributed by atoms with Gasteiger partial charge in [0.1, 0.15) is 17.3 Å². The van der Waals surface area contributed by atoms with E-state index in [1.54, 1.807) is 13.8 Å². The number of rotatable bonds is 0. The molecule has 3 aliphatic rings. The molecule has 3 fully saturated rings. The van der Waals surface area contributed by atoms with E-state index in [4.69, 9.17) is 9.47 Å². The molecule has 0 amide bonds. The molecule has 118 valence electrons. The van der Waals surface area contributed by atoms with Gasteiger partial charge in [-0.05, 0) is 26.7 Å². The molecule has 0 bridgehead atoms. The first-order chi connectivity index (χ1) is 9.62. The zero-order valence-corrected chi connectivity index (χ0v) is 12.6. The molecule has 0 radical (unpaired) electrons. The summed E-state index contributed by atoms with van der Waals surface area (Å²) >= 11 is 0. The third-order valence-electron chi connectivity index (χ3n) is 5.82. The van der Waals surface area contributed by atoms with Gasteiger partial charge in [-0.25, -0.2) is 0 Å². The molecule has 2 heterocycles. The number of carbonyl (C=O) groups is 2. The summed E-state index contributed by atoms with van der Waals surface area (Å²) in [5.41, 5.74) is -4.41. The van der Waals surface area contributed by atoms with Gasteiger partial charge in [-0.3, -0.25) is 9.59 Å². The Labute approximate surface area is 123 Å². The third-order valence-corrected chi connectivity index (χ3v) is 5.82. The minimum absolute atomic E-state index is 0.146. The van der Waals surface area contributed by atoms with Crippen molar-refractivity contribution in [2.24, 2.45) is 11.8 Å². The van der Waals surface area contributed by atoms with Crippen LogP contribution >= 0.6 is 0 Å². The Balaban J connectivity index is 2.10. The molecule has 0 aromatic rings. The van der Waals surface area contributed by atoms with Gasteiger partial charge < -0.3 is 19.7 Å². The maximum Gasteiger partial charge on any atom is 0.309 e. The average molecular weight is 298 g/mol. The summed E-state index contributed by atoms with van der Waals surface area (Å²) in [6.45, 7) is 4.87. The topological polar surface area (TPSA) is 93.1 Å². The number of aliphatic hydroxyl groups is 2. The molecule has 1 aliphatic carbocycles. The molecule has 1 spiro atoms. The van der Waals surface area contributed by atoms with Gasteiger partial charge in [-0.1, -0.05) is 6.92 Å². The van der Waals surface area contributed by atoms with Crippen molar-refractivity contribution in [2.45, 2.75) is 69.4 Å². The van der Waals surface area contributed by atoms with Gasteiger partial charge in [0.05, 0.1) is 5.92 Å². The van der Waals surface area contributed by atoms with Crippen molar-refractivity contribution in [2.75, 3.05) is 0 Å². The first kappa shape index (κ1) is 14.8. The zero-order chi connectivity index (χ0) is 15.6. The van der Waals surface area contributed by atoms with E-state index < -0.39 is 28.9 Å².